The first kappa shape index (κ1) is 25.4. The smallest absolute Gasteiger partial charge is 0.410 e. The molecule has 154 valence electrons. The van der Waals surface area contributed by atoms with Gasteiger partial charge in [-0.2, -0.15) is 0 Å². The molecule has 1 aromatic rings. The standard InChI is InChI=1S/C19H33N5O2.HI/c1-6-14-24(18(25)26-19(2,3)4)15-13-23-17(20-5)22-12-10-16-9-7-8-11-21-16;/h7-9,11H,6,10,12-15H2,1-5H3,(H2,20,22,23);1H. The fourth-order valence-corrected chi connectivity index (χ4v) is 2.28. The average Bonchev–Trinajstić information content (AvgIpc) is 2.59. The van der Waals surface area contributed by atoms with Gasteiger partial charge in [0.15, 0.2) is 5.96 Å². The summed E-state index contributed by atoms with van der Waals surface area (Å²) in [7, 11) is 1.73. The minimum atomic E-state index is -0.487. The number of rotatable bonds is 8. The van der Waals surface area contributed by atoms with Crippen molar-refractivity contribution in [3.63, 3.8) is 0 Å². The average molecular weight is 491 g/mol. The Labute approximate surface area is 180 Å². The molecule has 0 bridgehead atoms. The molecule has 0 fully saturated rings. The van der Waals surface area contributed by atoms with E-state index in [0.29, 0.717) is 25.6 Å². The molecule has 1 rings (SSSR count). The van der Waals surface area contributed by atoms with Crippen molar-refractivity contribution in [1.29, 1.82) is 0 Å². The Balaban J connectivity index is 0.00000676. The second kappa shape index (κ2) is 13.6. The molecule has 1 aromatic heterocycles. The summed E-state index contributed by atoms with van der Waals surface area (Å²) in [5.41, 5.74) is 0.550. The van der Waals surface area contributed by atoms with Crippen LogP contribution in [0.15, 0.2) is 29.4 Å². The number of aromatic nitrogens is 1. The zero-order valence-corrected chi connectivity index (χ0v) is 19.4. The molecular weight excluding hydrogens is 457 g/mol. The fraction of sp³-hybridized carbons (Fsp3) is 0.632. The van der Waals surface area contributed by atoms with Gasteiger partial charge in [-0.15, -0.1) is 24.0 Å². The third kappa shape index (κ3) is 11.7. The third-order valence-electron chi connectivity index (χ3n) is 3.44. The van der Waals surface area contributed by atoms with E-state index in [0.717, 1.165) is 25.1 Å². The van der Waals surface area contributed by atoms with Crippen LogP contribution in [0.1, 0.15) is 39.8 Å². The highest BCUT2D eigenvalue weighted by Gasteiger charge is 2.21. The monoisotopic (exact) mass is 491 g/mol. The highest BCUT2D eigenvalue weighted by atomic mass is 127. The van der Waals surface area contributed by atoms with E-state index in [4.69, 9.17) is 4.74 Å². The van der Waals surface area contributed by atoms with E-state index in [1.807, 2.05) is 45.9 Å². The number of amides is 1. The number of nitrogens with one attached hydrogen (secondary N) is 2. The molecule has 0 atom stereocenters. The Morgan fingerprint density at radius 3 is 2.48 bits per heavy atom. The molecule has 0 saturated heterocycles. The molecule has 0 radical (unpaired) electrons. The van der Waals surface area contributed by atoms with Crippen molar-refractivity contribution in [2.45, 2.75) is 46.1 Å². The summed E-state index contributed by atoms with van der Waals surface area (Å²) >= 11 is 0. The number of pyridine rings is 1. The molecule has 2 N–H and O–H groups in total. The van der Waals surface area contributed by atoms with Crippen LogP contribution in [0.5, 0.6) is 0 Å². The van der Waals surface area contributed by atoms with Gasteiger partial charge in [-0.3, -0.25) is 9.98 Å². The van der Waals surface area contributed by atoms with Gasteiger partial charge in [-0.25, -0.2) is 4.79 Å². The second-order valence-corrected chi connectivity index (χ2v) is 6.96. The highest BCUT2D eigenvalue weighted by Crippen LogP contribution is 2.10. The van der Waals surface area contributed by atoms with E-state index in [1.54, 1.807) is 18.1 Å². The van der Waals surface area contributed by atoms with Gasteiger partial charge < -0.3 is 20.3 Å². The molecule has 1 amide bonds. The van der Waals surface area contributed by atoms with Crippen LogP contribution in [0, 0.1) is 0 Å². The topological polar surface area (TPSA) is 78.9 Å². The first-order valence-electron chi connectivity index (χ1n) is 9.18. The Bertz CT molecular complexity index is 561. The lowest BCUT2D eigenvalue weighted by atomic mass is 10.2. The number of carbonyl (C=O) groups is 1. The number of halogens is 1. The normalized spacial score (nSPS) is 11.4. The van der Waals surface area contributed by atoms with Crippen molar-refractivity contribution in [2.24, 2.45) is 4.99 Å². The number of hydrogen-bond donors (Lipinski definition) is 2. The third-order valence-corrected chi connectivity index (χ3v) is 3.44. The molecule has 0 saturated carbocycles. The minimum absolute atomic E-state index is 0. The molecule has 0 aliphatic rings. The van der Waals surface area contributed by atoms with Crippen LogP contribution in [-0.2, 0) is 11.2 Å². The summed E-state index contributed by atoms with van der Waals surface area (Å²) in [5.74, 6) is 0.710. The molecule has 0 aliphatic heterocycles. The van der Waals surface area contributed by atoms with Crippen LogP contribution < -0.4 is 10.6 Å². The van der Waals surface area contributed by atoms with Crippen molar-refractivity contribution in [1.82, 2.24) is 20.5 Å². The van der Waals surface area contributed by atoms with Crippen molar-refractivity contribution in [3.8, 4) is 0 Å². The number of hydrogen-bond acceptors (Lipinski definition) is 4. The SMILES string of the molecule is CCCN(CCNC(=NC)NCCc1ccccn1)C(=O)OC(C)(C)C.I. The zero-order chi connectivity index (χ0) is 19.4. The van der Waals surface area contributed by atoms with Crippen LogP contribution in [-0.4, -0.2) is 60.8 Å². The van der Waals surface area contributed by atoms with Crippen LogP contribution in [0.3, 0.4) is 0 Å². The van der Waals surface area contributed by atoms with Gasteiger partial charge >= 0.3 is 6.09 Å². The lowest BCUT2D eigenvalue weighted by molar-refractivity contribution is 0.0253. The van der Waals surface area contributed by atoms with E-state index in [-0.39, 0.29) is 30.1 Å². The summed E-state index contributed by atoms with van der Waals surface area (Å²) in [4.78, 5) is 22.5. The fourth-order valence-electron chi connectivity index (χ4n) is 2.28. The van der Waals surface area contributed by atoms with Gasteiger partial charge in [0.2, 0.25) is 0 Å². The quantitative estimate of drug-likeness (QED) is 0.332. The van der Waals surface area contributed by atoms with Crippen molar-refractivity contribution in [2.75, 3.05) is 33.2 Å². The maximum Gasteiger partial charge on any atom is 0.410 e. The van der Waals surface area contributed by atoms with Gasteiger partial charge in [0.1, 0.15) is 5.60 Å². The van der Waals surface area contributed by atoms with Crippen LogP contribution in [0.25, 0.3) is 0 Å². The van der Waals surface area contributed by atoms with Gasteiger partial charge in [0.05, 0.1) is 0 Å². The summed E-state index contributed by atoms with van der Waals surface area (Å²) in [6, 6.07) is 5.89. The van der Waals surface area contributed by atoms with E-state index >= 15 is 0 Å². The summed E-state index contributed by atoms with van der Waals surface area (Å²) in [6.45, 7) is 10.2. The summed E-state index contributed by atoms with van der Waals surface area (Å²) in [6.07, 6.45) is 3.22. The van der Waals surface area contributed by atoms with Gasteiger partial charge in [0.25, 0.3) is 0 Å². The van der Waals surface area contributed by atoms with Crippen molar-refractivity contribution in [3.05, 3.63) is 30.1 Å². The lowest BCUT2D eigenvalue weighted by Gasteiger charge is -2.27. The minimum Gasteiger partial charge on any atom is -0.444 e. The van der Waals surface area contributed by atoms with E-state index in [1.165, 1.54) is 0 Å². The number of carbonyl (C=O) groups excluding carboxylic acids is 1. The molecule has 0 aromatic carbocycles. The van der Waals surface area contributed by atoms with Gasteiger partial charge in [0, 0.05) is 51.5 Å². The van der Waals surface area contributed by atoms with Crippen LogP contribution >= 0.6 is 24.0 Å². The number of aliphatic imine (C=N–C) groups is 1. The first-order chi connectivity index (χ1) is 12.4. The lowest BCUT2D eigenvalue weighted by Crippen LogP contribution is -2.45. The Morgan fingerprint density at radius 1 is 1.22 bits per heavy atom. The van der Waals surface area contributed by atoms with Crippen molar-refractivity contribution >= 4 is 36.0 Å². The summed E-state index contributed by atoms with van der Waals surface area (Å²) < 4.78 is 5.46. The molecule has 0 spiro atoms. The predicted octanol–water partition coefficient (Wildman–Crippen LogP) is 3.05. The molecule has 0 unspecified atom stereocenters. The molecular formula is C19H34IN5O2. The van der Waals surface area contributed by atoms with Crippen LogP contribution in [0.4, 0.5) is 4.79 Å². The van der Waals surface area contributed by atoms with Crippen LogP contribution in [0.2, 0.25) is 0 Å². The number of ether oxygens (including phenoxy) is 1. The maximum absolute atomic E-state index is 12.2. The Kier molecular flexibility index (Phi) is 12.8. The Morgan fingerprint density at radius 2 is 1.93 bits per heavy atom. The Hall–Kier alpha value is -1.58. The predicted molar refractivity (Wildman–Crippen MR) is 121 cm³/mol. The summed E-state index contributed by atoms with van der Waals surface area (Å²) in [5, 5.41) is 6.49. The van der Waals surface area contributed by atoms with Gasteiger partial charge in [-0.05, 0) is 39.3 Å². The zero-order valence-electron chi connectivity index (χ0n) is 17.1. The number of nitrogens with zero attached hydrogens (tertiary/aromatic N) is 3. The van der Waals surface area contributed by atoms with E-state index < -0.39 is 5.60 Å². The van der Waals surface area contributed by atoms with Gasteiger partial charge in [-0.1, -0.05) is 13.0 Å². The molecule has 1 heterocycles. The largest absolute Gasteiger partial charge is 0.444 e. The maximum atomic E-state index is 12.2. The molecule has 0 aliphatic carbocycles. The number of guanidine groups is 1. The highest BCUT2D eigenvalue weighted by molar-refractivity contribution is 14.0. The van der Waals surface area contributed by atoms with E-state index in [2.05, 4.69) is 20.6 Å². The molecule has 27 heavy (non-hydrogen) atoms. The second-order valence-electron chi connectivity index (χ2n) is 6.96. The van der Waals surface area contributed by atoms with Crippen molar-refractivity contribution < 1.29 is 9.53 Å². The van der Waals surface area contributed by atoms with E-state index in [9.17, 15) is 4.79 Å². The molecule has 8 heteroatoms. The molecule has 7 nitrogen and oxygen atoms in total. The first-order valence-corrected chi connectivity index (χ1v) is 9.18.